The van der Waals surface area contributed by atoms with E-state index in [1.54, 1.807) is 36.4 Å². The van der Waals surface area contributed by atoms with Crippen molar-refractivity contribution in [3.05, 3.63) is 77.9 Å². The molecule has 160 valence electrons. The third kappa shape index (κ3) is 4.24. The largest absolute Gasteiger partial charge is 0.465 e. The van der Waals surface area contributed by atoms with Crippen LogP contribution in [-0.4, -0.2) is 24.5 Å². The van der Waals surface area contributed by atoms with Crippen molar-refractivity contribution in [2.24, 2.45) is 11.3 Å². The summed E-state index contributed by atoms with van der Waals surface area (Å²) in [5, 5.41) is 2.81. The van der Waals surface area contributed by atoms with Gasteiger partial charge in [-0.2, -0.15) is 0 Å². The molecule has 6 nitrogen and oxygen atoms in total. The van der Waals surface area contributed by atoms with E-state index in [0.29, 0.717) is 30.7 Å². The number of amides is 1. The molecule has 3 atom stereocenters. The number of nitrogens with one attached hydrogen (secondary N) is 1. The molecule has 2 aromatic rings. The van der Waals surface area contributed by atoms with Gasteiger partial charge in [0.1, 0.15) is 0 Å². The van der Waals surface area contributed by atoms with Crippen molar-refractivity contribution >= 4 is 23.5 Å². The Hall–Kier alpha value is -3.41. The Morgan fingerprint density at radius 2 is 1.90 bits per heavy atom. The molecule has 2 aromatic carbocycles. The number of esters is 2. The van der Waals surface area contributed by atoms with Gasteiger partial charge in [0.2, 0.25) is 6.10 Å². The molecule has 1 aliphatic carbocycles. The van der Waals surface area contributed by atoms with Crippen molar-refractivity contribution in [3.8, 4) is 0 Å². The molecule has 1 aliphatic heterocycles. The van der Waals surface area contributed by atoms with Crippen molar-refractivity contribution < 1.29 is 23.9 Å². The first-order valence-electron chi connectivity index (χ1n) is 10.3. The highest BCUT2D eigenvalue weighted by atomic mass is 16.5. The summed E-state index contributed by atoms with van der Waals surface area (Å²) in [6.07, 6.45) is 1.05. The number of hydrogen-bond donors (Lipinski definition) is 1. The van der Waals surface area contributed by atoms with Gasteiger partial charge >= 0.3 is 11.9 Å². The lowest BCUT2D eigenvalue weighted by Crippen LogP contribution is -2.31. The van der Waals surface area contributed by atoms with Crippen LogP contribution in [0.25, 0.3) is 0 Å². The summed E-state index contributed by atoms with van der Waals surface area (Å²) in [4.78, 5) is 36.7. The van der Waals surface area contributed by atoms with Crippen LogP contribution in [0.4, 0.5) is 5.69 Å². The Bertz CT molecular complexity index is 1010. The van der Waals surface area contributed by atoms with E-state index in [9.17, 15) is 14.4 Å². The zero-order valence-electron chi connectivity index (χ0n) is 17.4. The molecule has 0 bridgehead atoms. The Kier molecular flexibility index (Phi) is 5.63. The van der Waals surface area contributed by atoms with Gasteiger partial charge in [0.15, 0.2) is 0 Å². The van der Waals surface area contributed by atoms with E-state index in [0.717, 1.165) is 17.6 Å². The summed E-state index contributed by atoms with van der Waals surface area (Å²) in [5.41, 5.74) is 2.76. The van der Waals surface area contributed by atoms with E-state index >= 15 is 0 Å². The molecule has 3 unspecified atom stereocenters. The van der Waals surface area contributed by atoms with Gasteiger partial charge in [-0.15, -0.1) is 0 Å². The van der Waals surface area contributed by atoms with Crippen LogP contribution in [0, 0.1) is 11.3 Å². The second-order valence-electron chi connectivity index (χ2n) is 8.35. The van der Waals surface area contributed by atoms with Gasteiger partial charge in [-0.25, -0.2) is 0 Å². The monoisotopic (exact) mass is 419 g/mol. The summed E-state index contributed by atoms with van der Waals surface area (Å²) in [5.74, 6) is -0.920. The van der Waals surface area contributed by atoms with E-state index in [1.165, 1.54) is 6.92 Å². The lowest BCUT2D eigenvalue weighted by atomic mass is 9.75. The molecule has 1 amide bonds. The number of anilines is 1. The first-order valence-corrected chi connectivity index (χ1v) is 10.3. The Morgan fingerprint density at radius 3 is 2.58 bits per heavy atom. The zero-order chi connectivity index (χ0) is 22.0. The summed E-state index contributed by atoms with van der Waals surface area (Å²) in [6, 6.07) is 16.3. The number of rotatable bonds is 6. The van der Waals surface area contributed by atoms with E-state index in [4.69, 9.17) is 9.47 Å². The van der Waals surface area contributed by atoms with Crippen LogP contribution >= 0.6 is 0 Å². The van der Waals surface area contributed by atoms with Gasteiger partial charge in [-0.3, -0.25) is 14.4 Å². The van der Waals surface area contributed by atoms with Crippen LogP contribution in [0.1, 0.15) is 37.0 Å². The average molecular weight is 419 g/mol. The van der Waals surface area contributed by atoms with E-state index in [-0.39, 0.29) is 11.9 Å². The maximum absolute atomic E-state index is 12.8. The second kappa shape index (κ2) is 8.38. The summed E-state index contributed by atoms with van der Waals surface area (Å²) in [6.45, 7) is 5.81. The minimum Gasteiger partial charge on any atom is -0.465 e. The molecule has 1 heterocycles. The van der Waals surface area contributed by atoms with Gasteiger partial charge in [-0.05, 0) is 37.0 Å². The molecule has 1 N–H and O–H groups in total. The fourth-order valence-corrected chi connectivity index (χ4v) is 4.61. The highest BCUT2D eigenvalue weighted by Crippen LogP contribution is 2.52. The first kappa shape index (κ1) is 20.8. The summed E-state index contributed by atoms with van der Waals surface area (Å²) in [7, 11) is 0. The number of benzene rings is 2. The SMILES string of the molecule is C=C1CC2COC(=O)C2(Cc2ccc(NC(=O)C(OC(C)=O)c3ccccc3)cc2)C1. The number of allylic oxidation sites excluding steroid dienone is 1. The lowest BCUT2D eigenvalue weighted by Gasteiger charge is -2.24. The van der Waals surface area contributed by atoms with Crippen molar-refractivity contribution in [1.82, 2.24) is 0 Å². The molecule has 0 aromatic heterocycles. The summed E-state index contributed by atoms with van der Waals surface area (Å²) < 4.78 is 10.6. The highest BCUT2D eigenvalue weighted by Gasteiger charge is 2.55. The molecule has 0 spiro atoms. The van der Waals surface area contributed by atoms with Gasteiger partial charge in [0, 0.05) is 24.1 Å². The van der Waals surface area contributed by atoms with E-state index < -0.39 is 23.4 Å². The van der Waals surface area contributed by atoms with Crippen LogP contribution in [0.2, 0.25) is 0 Å². The maximum Gasteiger partial charge on any atom is 0.313 e. The number of ether oxygens (including phenoxy) is 2. The average Bonchev–Trinajstić information content (AvgIpc) is 3.22. The van der Waals surface area contributed by atoms with Gasteiger partial charge in [0.25, 0.3) is 5.91 Å². The topological polar surface area (TPSA) is 81.7 Å². The minimum absolute atomic E-state index is 0.138. The first-order chi connectivity index (χ1) is 14.9. The predicted molar refractivity (Wildman–Crippen MR) is 115 cm³/mol. The fourth-order valence-electron chi connectivity index (χ4n) is 4.61. The molecule has 2 fully saturated rings. The molecule has 31 heavy (non-hydrogen) atoms. The minimum atomic E-state index is -1.03. The Morgan fingerprint density at radius 1 is 1.19 bits per heavy atom. The van der Waals surface area contributed by atoms with Gasteiger partial charge < -0.3 is 14.8 Å². The smallest absolute Gasteiger partial charge is 0.313 e. The predicted octanol–water partition coefficient (Wildman–Crippen LogP) is 3.98. The van der Waals surface area contributed by atoms with Gasteiger partial charge in [0.05, 0.1) is 12.0 Å². The summed E-state index contributed by atoms with van der Waals surface area (Å²) >= 11 is 0. The van der Waals surface area contributed by atoms with Crippen molar-refractivity contribution in [1.29, 1.82) is 0 Å². The van der Waals surface area contributed by atoms with Crippen molar-refractivity contribution in [3.63, 3.8) is 0 Å². The number of carbonyl (C=O) groups is 3. The molecule has 4 rings (SSSR count). The molecule has 1 saturated carbocycles. The fraction of sp³-hybridized carbons (Fsp3) is 0.320. The number of hydrogen-bond acceptors (Lipinski definition) is 5. The number of cyclic esters (lactones) is 1. The van der Waals surface area contributed by atoms with Crippen LogP contribution < -0.4 is 5.32 Å². The molecular weight excluding hydrogens is 394 g/mol. The molecular formula is C25H25NO5. The van der Waals surface area contributed by atoms with Crippen molar-refractivity contribution in [2.45, 2.75) is 32.3 Å². The Balaban J connectivity index is 1.47. The van der Waals surface area contributed by atoms with E-state index in [1.807, 2.05) is 18.2 Å². The number of carbonyl (C=O) groups excluding carboxylic acids is 3. The Labute approximate surface area is 181 Å². The van der Waals surface area contributed by atoms with E-state index in [2.05, 4.69) is 11.9 Å². The molecule has 0 radical (unpaired) electrons. The van der Waals surface area contributed by atoms with Crippen LogP contribution in [-0.2, 0) is 30.3 Å². The molecule has 2 aliphatic rings. The quantitative estimate of drug-likeness (QED) is 0.566. The van der Waals surface area contributed by atoms with Crippen LogP contribution in [0.15, 0.2) is 66.7 Å². The van der Waals surface area contributed by atoms with Crippen LogP contribution in [0.5, 0.6) is 0 Å². The third-order valence-electron chi connectivity index (χ3n) is 6.07. The number of fused-ring (bicyclic) bond motifs is 1. The lowest BCUT2D eigenvalue weighted by molar-refractivity contribution is -0.152. The van der Waals surface area contributed by atoms with Crippen LogP contribution in [0.3, 0.4) is 0 Å². The van der Waals surface area contributed by atoms with Gasteiger partial charge in [-0.1, -0.05) is 54.6 Å². The zero-order valence-corrected chi connectivity index (χ0v) is 17.4. The third-order valence-corrected chi connectivity index (χ3v) is 6.07. The second-order valence-corrected chi connectivity index (χ2v) is 8.35. The molecule has 1 saturated heterocycles. The maximum atomic E-state index is 12.8. The molecule has 6 heteroatoms. The normalized spacial score (nSPS) is 23.1. The van der Waals surface area contributed by atoms with Crippen molar-refractivity contribution in [2.75, 3.05) is 11.9 Å². The standard InChI is InChI=1S/C25H25NO5/c1-16-12-20-15-30-24(29)25(20,13-16)14-18-8-10-21(11-9-18)26-23(28)22(31-17(2)27)19-6-4-3-5-7-19/h3-11,20,22H,1,12-15H2,2H3,(H,26,28). The highest BCUT2D eigenvalue weighted by molar-refractivity contribution is 5.96.